The lowest BCUT2D eigenvalue weighted by Gasteiger charge is -2.15. The first-order chi connectivity index (χ1) is 13.2. The number of thioether (sulfide) groups is 1. The standard InChI is InChI=1S/C21H22N4OS/c1-3-25-16(2)18(15-23-25)14-22-24-21(26)20(17-10-6-4-7-11-17)27-19-12-8-5-9-13-19/h4-15,20H,3H2,1-2H3,(H,24,26)/b22-14-/t20-/m0/s1. The molecule has 0 aliphatic heterocycles. The smallest absolute Gasteiger partial charge is 0.258 e. The van der Waals surface area contributed by atoms with Crippen LogP contribution in [0.5, 0.6) is 0 Å². The molecule has 1 heterocycles. The molecular formula is C21H22N4OS. The summed E-state index contributed by atoms with van der Waals surface area (Å²) in [6.07, 6.45) is 3.39. The Bertz CT molecular complexity index is 906. The molecule has 6 heteroatoms. The first-order valence-corrected chi connectivity index (χ1v) is 9.69. The number of benzene rings is 2. The molecule has 1 amide bonds. The summed E-state index contributed by atoms with van der Waals surface area (Å²) in [5, 5.41) is 8.04. The fraction of sp³-hybridized carbons (Fsp3) is 0.190. The van der Waals surface area contributed by atoms with Crippen LogP contribution in [0.25, 0.3) is 0 Å². The van der Waals surface area contributed by atoms with Crippen LogP contribution in [0.2, 0.25) is 0 Å². The maximum Gasteiger partial charge on any atom is 0.258 e. The van der Waals surface area contributed by atoms with Gasteiger partial charge in [-0.3, -0.25) is 9.48 Å². The Kier molecular flexibility index (Phi) is 6.44. The Balaban J connectivity index is 1.74. The number of hydrogen-bond donors (Lipinski definition) is 1. The van der Waals surface area contributed by atoms with Crippen LogP contribution in [-0.4, -0.2) is 21.9 Å². The largest absolute Gasteiger partial charge is 0.271 e. The Hall–Kier alpha value is -2.86. The molecule has 0 saturated carbocycles. The quantitative estimate of drug-likeness (QED) is 0.381. The average Bonchev–Trinajstić information content (AvgIpc) is 3.07. The van der Waals surface area contributed by atoms with Crippen LogP contribution in [0.1, 0.15) is 29.0 Å². The third-order valence-corrected chi connectivity index (χ3v) is 5.42. The van der Waals surface area contributed by atoms with Crippen LogP contribution in [0, 0.1) is 6.92 Å². The molecule has 5 nitrogen and oxygen atoms in total. The molecule has 138 valence electrons. The lowest BCUT2D eigenvalue weighted by atomic mass is 10.1. The van der Waals surface area contributed by atoms with E-state index in [-0.39, 0.29) is 11.2 Å². The van der Waals surface area contributed by atoms with E-state index in [9.17, 15) is 4.79 Å². The summed E-state index contributed by atoms with van der Waals surface area (Å²) < 4.78 is 1.89. The minimum absolute atomic E-state index is 0.160. The predicted molar refractivity (Wildman–Crippen MR) is 110 cm³/mol. The number of hydrogen-bond acceptors (Lipinski definition) is 4. The van der Waals surface area contributed by atoms with Gasteiger partial charge in [0.2, 0.25) is 0 Å². The Labute approximate surface area is 163 Å². The number of aryl methyl sites for hydroxylation is 1. The van der Waals surface area contributed by atoms with Gasteiger partial charge in [-0.25, -0.2) is 5.43 Å². The van der Waals surface area contributed by atoms with Crippen molar-refractivity contribution in [1.29, 1.82) is 0 Å². The molecule has 1 atom stereocenters. The van der Waals surface area contributed by atoms with Gasteiger partial charge in [-0.05, 0) is 31.5 Å². The summed E-state index contributed by atoms with van der Waals surface area (Å²) in [6, 6.07) is 19.6. The van der Waals surface area contributed by atoms with Crippen molar-refractivity contribution < 1.29 is 4.79 Å². The highest BCUT2D eigenvalue weighted by atomic mass is 32.2. The summed E-state index contributed by atoms with van der Waals surface area (Å²) in [4.78, 5) is 13.9. The van der Waals surface area contributed by atoms with Crippen molar-refractivity contribution in [1.82, 2.24) is 15.2 Å². The summed E-state index contributed by atoms with van der Waals surface area (Å²) in [5.41, 5.74) is 5.53. The van der Waals surface area contributed by atoms with E-state index in [2.05, 4.69) is 15.6 Å². The number of nitrogens with zero attached hydrogens (tertiary/aromatic N) is 3. The first-order valence-electron chi connectivity index (χ1n) is 8.81. The van der Waals surface area contributed by atoms with Gasteiger partial charge in [-0.1, -0.05) is 48.5 Å². The number of aromatic nitrogens is 2. The lowest BCUT2D eigenvalue weighted by Crippen LogP contribution is -2.23. The van der Waals surface area contributed by atoms with E-state index in [1.807, 2.05) is 79.2 Å². The van der Waals surface area contributed by atoms with E-state index >= 15 is 0 Å². The van der Waals surface area contributed by atoms with Gasteiger partial charge in [0, 0.05) is 22.7 Å². The fourth-order valence-corrected chi connectivity index (χ4v) is 3.71. The van der Waals surface area contributed by atoms with Gasteiger partial charge < -0.3 is 0 Å². The number of amides is 1. The van der Waals surface area contributed by atoms with Gasteiger partial charge in [-0.2, -0.15) is 10.2 Å². The van der Waals surface area contributed by atoms with Gasteiger partial charge in [0.15, 0.2) is 0 Å². The van der Waals surface area contributed by atoms with Crippen molar-refractivity contribution in [3.8, 4) is 0 Å². The third kappa shape index (κ3) is 4.86. The molecule has 0 unspecified atom stereocenters. The Morgan fingerprint density at radius 3 is 2.48 bits per heavy atom. The van der Waals surface area contributed by atoms with Gasteiger partial charge in [0.05, 0.1) is 12.4 Å². The number of nitrogens with one attached hydrogen (secondary N) is 1. The second kappa shape index (κ2) is 9.19. The Morgan fingerprint density at radius 2 is 1.85 bits per heavy atom. The molecule has 0 saturated heterocycles. The van der Waals surface area contributed by atoms with Crippen LogP contribution >= 0.6 is 11.8 Å². The van der Waals surface area contributed by atoms with Gasteiger partial charge in [0.1, 0.15) is 5.25 Å². The fourth-order valence-electron chi connectivity index (χ4n) is 2.67. The summed E-state index contributed by atoms with van der Waals surface area (Å²) >= 11 is 1.50. The van der Waals surface area contributed by atoms with E-state index in [4.69, 9.17) is 0 Å². The number of hydrazone groups is 1. The topological polar surface area (TPSA) is 59.3 Å². The van der Waals surface area contributed by atoms with Crippen molar-refractivity contribution in [2.24, 2.45) is 5.10 Å². The highest BCUT2D eigenvalue weighted by Crippen LogP contribution is 2.35. The zero-order chi connectivity index (χ0) is 19.1. The van der Waals surface area contributed by atoms with E-state index in [0.717, 1.165) is 28.3 Å². The molecule has 0 aliphatic carbocycles. The molecule has 0 spiro atoms. The second-order valence-corrected chi connectivity index (χ2v) is 7.14. The van der Waals surface area contributed by atoms with Crippen molar-refractivity contribution >= 4 is 23.9 Å². The minimum Gasteiger partial charge on any atom is -0.271 e. The molecule has 0 fully saturated rings. The van der Waals surface area contributed by atoms with Crippen molar-refractivity contribution in [2.45, 2.75) is 30.5 Å². The highest BCUT2D eigenvalue weighted by molar-refractivity contribution is 8.00. The van der Waals surface area contributed by atoms with Crippen LogP contribution in [0.3, 0.4) is 0 Å². The van der Waals surface area contributed by atoms with E-state index < -0.39 is 0 Å². The maximum absolute atomic E-state index is 12.8. The van der Waals surface area contributed by atoms with Crippen LogP contribution in [-0.2, 0) is 11.3 Å². The number of carbonyl (C=O) groups is 1. The van der Waals surface area contributed by atoms with Crippen LogP contribution in [0.15, 0.2) is 76.9 Å². The summed E-state index contributed by atoms with van der Waals surface area (Å²) in [5.74, 6) is -0.160. The minimum atomic E-state index is -0.384. The van der Waals surface area contributed by atoms with Crippen LogP contribution < -0.4 is 5.43 Å². The van der Waals surface area contributed by atoms with Gasteiger partial charge >= 0.3 is 0 Å². The average molecular weight is 379 g/mol. The molecule has 1 N–H and O–H groups in total. The van der Waals surface area contributed by atoms with Gasteiger partial charge in [-0.15, -0.1) is 11.8 Å². The van der Waals surface area contributed by atoms with E-state index in [1.54, 1.807) is 12.4 Å². The molecule has 0 bridgehead atoms. The summed E-state index contributed by atoms with van der Waals surface area (Å²) in [6.45, 7) is 4.82. The van der Waals surface area contributed by atoms with E-state index in [1.165, 1.54) is 11.8 Å². The van der Waals surface area contributed by atoms with Gasteiger partial charge in [0.25, 0.3) is 5.91 Å². The lowest BCUT2D eigenvalue weighted by molar-refractivity contribution is -0.120. The number of rotatable bonds is 7. The molecule has 0 aliphatic rings. The molecule has 0 radical (unpaired) electrons. The van der Waals surface area contributed by atoms with Crippen LogP contribution in [0.4, 0.5) is 0 Å². The first kappa shape index (κ1) is 18.9. The molecule has 3 rings (SSSR count). The zero-order valence-corrected chi connectivity index (χ0v) is 16.2. The molecule has 3 aromatic rings. The summed E-state index contributed by atoms with van der Waals surface area (Å²) in [7, 11) is 0. The number of carbonyl (C=O) groups excluding carboxylic acids is 1. The highest BCUT2D eigenvalue weighted by Gasteiger charge is 2.21. The SMILES string of the molecule is CCn1ncc(/C=N\NC(=O)[C@@H](Sc2ccccc2)c2ccccc2)c1C. The molecule has 2 aromatic carbocycles. The van der Waals surface area contributed by atoms with E-state index in [0.29, 0.717) is 0 Å². The zero-order valence-electron chi connectivity index (χ0n) is 15.4. The van der Waals surface area contributed by atoms with Crippen molar-refractivity contribution in [3.05, 3.63) is 83.7 Å². The molecule has 27 heavy (non-hydrogen) atoms. The molecule has 1 aromatic heterocycles. The maximum atomic E-state index is 12.8. The monoisotopic (exact) mass is 378 g/mol. The van der Waals surface area contributed by atoms with Crippen molar-refractivity contribution in [2.75, 3.05) is 0 Å². The predicted octanol–water partition coefficient (Wildman–Crippen LogP) is 4.20. The normalized spacial score (nSPS) is 12.2. The second-order valence-electron chi connectivity index (χ2n) is 5.96. The van der Waals surface area contributed by atoms with Crippen molar-refractivity contribution in [3.63, 3.8) is 0 Å². The Morgan fingerprint density at radius 1 is 1.19 bits per heavy atom. The third-order valence-electron chi connectivity index (χ3n) is 4.16. The molecular weight excluding hydrogens is 356 g/mol.